The number of anilines is 1. The van der Waals surface area contributed by atoms with Gasteiger partial charge in [-0.25, -0.2) is 18.7 Å². The van der Waals surface area contributed by atoms with E-state index in [0.717, 1.165) is 11.1 Å². The maximum atomic E-state index is 12.0. The van der Waals surface area contributed by atoms with E-state index in [1.54, 1.807) is 0 Å². The summed E-state index contributed by atoms with van der Waals surface area (Å²) in [6, 6.07) is 0. The van der Waals surface area contributed by atoms with Gasteiger partial charge in [-0.3, -0.25) is 13.9 Å². The summed E-state index contributed by atoms with van der Waals surface area (Å²) in [5, 5.41) is 10.4. The Morgan fingerprint density at radius 3 is 2.48 bits per heavy atom. The number of nitrogen functional groups attached to an aromatic ring is 1. The molecule has 0 aliphatic carbocycles. The molecule has 7 N–H and O–H groups in total. The van der Waals surface area contributed by atoms with E-state index in [1.807, 2.05) is 0 Å². The first-order valence-electron chi connectivity index (χ1n) is 8.54. The molecule has 2 unspecified atom stereocenters. The van der Waals surface area contributed by atoms with Gasteiger partial charge < -0.3 is 40.0 Å². The second-order valence-corrected chi connectivity index (χ2v) is 10.8. The molecule has 1 saturated heterocycles. The average Bonchev–Trinajstić information content (AvgIpc) is 3.21. The molecule has 3 heterocycles. The highest BCUT2D eigenvalue weighted by Gasteiger charge is 2.43. The number of phosphoric acid groups is 3. The smallest absolute Gasteiger partial charge is 0.412 e. The number of hydrogen-bond donors (Lipinski definition) is 6. The number of phosphoric ester groups is 1. The van der Waals surface area contributed by atoms with Crippen LogP contribution in [0.25, 0.3) is 11.2 Å². The number of aliphatic hydroxyl groups is 1. The highest BCUT2D eigenvalue weighted by atomic mass is 31.3. The fourth-order valence-electron chi connectivity index (χ4n) is 2.95. The quantitative estimate of drug-likeness (QED) is 0.193. The lowest BCUT2D eigenvalue weighted by Crippen LogP contribution is -2.26. The van der Waals surface area contributed by atoms with Crippen LogP contribution in [0.5, 0.6) is 0 Å². The molecule has 0 radical (unpaired) electrons. The number of hydrogen-bond acceptors (Lipinski definition) is 13. The van der Waals surface area contributed by atoms with Gasteiger partial charge in [0.05, 0.1) is 19.0 Å². The normalized spacial score (nSPS) is 25.1. The van der Waals surface area contributed by atoms with E-state index in [9.17, 15) is 28.5 Å². The van der Waals surface area contributed by atoms with Crippen molar-refractivity contribution in [2.45, 2.75) is 24.9 Å². The molecule has 0 saturated carbocycles. The molecular formula is C11H18N5O14P3. The van der Waals surface area contributed by atoms with E-state index in [2.05, 4.69) is 23.1 Å². The average molecular weight is 537 g/mol. The number of ether oxygens (including phenoxy) is 1. The summed E-state index contributed by atoms with van der Waals surface area (Å²) in [5.41, 5.74) is 4.73. The predicted octanol–water partition coefficient (Wildman–Crippen LogP) is -1.77. The number of nitrogens with two attached hydrogens (primary N) is 1. The molecule has 3 rings (SSSR count). The summed E-state index contributed by atoms with van der Waals surface area (Å²) < 4.78 is 53.3. The van der Waals surface area contributed by atoms with Crippen LogP contribution in [0.4, 0.5) is 5.95 Å². The van der Waals surface area contributed by atoms with Crippen molar-refractivity contribution in [3.05, 3.63) is 16.7 Å². The lowest BCUT2D eigenvalue weighted by atomic mass is 10.2. The summed E-state index contributed by atoms with van der Waals surface area (Å²) in [6.45, 7) is -0.773. The molecule has 19 nitrogen and oxygen atoms in total. The summed E-state index contributed by atoms with van der Waals surface area (Å²) in [7, 11) is -15.3. The van der Waals surface area contributed by atoms with Crippen LogP contribution in [0.15, 0.2) is 11.1 Å². The second kappa shape index (κ2) is 9.14. The molecule has 1 fully saturated rings. The number of imidazole rings is 1. The van der Waals surface area contributed by atoms with Crippen molar-refractivity contribution in [1.82, 2.24) is 19.3 Å². The molecule has 22 heteroatoms. The van der Waals surface area contributed by atoms with Crippen molar-refractivity contribution in [1.29, 1.82) is 0 Å². The third-order valence-corrected chi connectivity index (χ3v) is 7.85. The van der Waals surface area contributed by atoms with Crippen molar-refractivity contribution >= 4 is 40.6 Å². The van der Waals surface area contributed by atoms with Gasteiger partial charge in [-0.15, -0.1) is 4.73 Å². The molecule has 2 aromatic heterocycles. The Kier molecular flexibility index (Phi) is 7.18. The highest BCUT2D eigenvalue weighted by Crippen LogP contribution is 2.66. The van der Waals surface area contributed by atoms with E-state index < -0.39 is 54.1 Å². The Labute approximate surface area is 182 Å². The van der Waals surface area contributed by atoms with Crippen LogP contribution in [-0.4, -0.2) is 69.9 Å². The highest BCUT2D eigenvalue weighted by molar-refractivity contribution is 7.66. The maximum absolute atomic E-state index is 12.0. The molecule has 186 valence electrons. The first-order valence-corrected chi connectivity index (χ1v) is 13.1. The molecule has 0 bridgehead atoms. The zero-order chi connectivity index (χ0) is 24.8. The number of aliphatic hydroxyl groups excluding tert-OH is 1. The largest absolute Gasteiger partial charge is 0.490 e. The van der Waals surface area contributed by atoms with E-state index in [1.165, 1.54) is 11.7 Å². The first-order chi connectivity index (χ1) is 15.1. The van der Waals surface area contributed by atoms with Crippen molar-refractivity contribution in [3.8, 4) is 0 Å². The van der Waals surface area contributed by atoms with E-state index in [0.29, 0.717) is 0 Å². The summed E-state index contributed by atoms with van der Waals surface area (Å²) in [6.07, 6.45) is -2.59. The standard InChI is InChI=1S/C11H18N5O14P3/c1-26-16-9-7(8(18)14-11(16)12)13-4-15(9)10-6(17)2-5(28-10)3-27-32(22,23)30-33(24,25)29-31(19,20)21/h4-6,10,17H,2-3H2,1H3,(H,22,23)(H,24,25)(H2,12,14,18)(H2,19,20,21)/t5-,6+,10+/m0/s1. The molecule has 1 aliphatic rings. The predicted molar refractivity (Wildman–Crippen MR) is 103 cm³/mol. The van der Waals surface area contributed by atoms with Crippen molar-refractivity contribution in [2.75, 3.05) is 19.5 Å². The second-order valence-electron chi connectivity index (χ2n) is 6.41. The summed E-state index contributed by atoms with van der Waals surface area (Å²) in [4.78, 5) is 60.2. The molecule has 0 amide bonds. The molecular weight excluding hydrogens is 519 g/mol. The van der Waals surface area contributed by atoms with Crippen LogP contribution in [0.1, 0.15) is 12.6 Å². The van der Waals surface area contributed by atoms with Gasteiger partial charge in [0, 0.05) is 6.42 Å². The van der Waals surface area contributed by atoms with Gasteiger partial charge in [0.25, 0.3) is 0 Å². The van der Waals surface area contributed by atoms with E-state index >= 15 is 0 Å². The Morgan fingerprint density at radius 2 is 1.88 bits per heavy atom. The molecule has 1 aliphatic heterocycles. The fraction of sp³-hybridized carbons (Fsp3) is 0.545. The molecule has 0 spiro atoms. The van der Waals surface area contributed by atoms with Gasteiger partial charge in [-0.05, 0) is 0 Å². The van der Waals surface area contributed by atoms with Crippen molar-refractivity contribution < 1.29 is 61.1 Å². The first kappa shape index (κ1) is 25.9. The minimum atomic E-state index is -5.67. The van der Waals surface area contributed by atoms with Gasteiger partial charge in [-0.1, -0.05) is 0 Å². The molecule has 33 heavy (non-hydrogen) atoms. The Bertz CT molecular complexity index is 1240. The van der Waals surface area contributed by atoms with E-state index in [4.69, 9.17) is 30.0 Å². The number of nitrogens with zero attached hydrogens (tertiary/aromatic N) is 4. The minimum Gasteiger partial charge on any atom is -0.412 e. The van der Waals surface area contributed by atoms with Crippen molar-refractivity contribution in [2.24, 2.45) is 0 Å². The maximum Gasteiger partial charge on any atom is 0.490 e. The molecule has 5 atom stereocenters. The summed E-state index contributed by atoms with van der Waals surface area (Å²) >= 11 is 0. The molecule has 2 aromatic rings. The number of fused-ring (bicyclic) bond motifs is 1. The number of aromatic nitrogens is 4. The van der Waals surface area contributed by atoms with Crippen LogP contribution in [0.2, 0.25) is 0 Å². The van der Waals surface area contributed by atoms with Gasteiger partial charge in [0.2, 0.25) is 5.95 Å². The van der Waals surface area contributed by atoms with Gasteiger partial charge in [0.15, 0.2) is 17.4 Å². The third kappa shape index (κ3) is 6.05. The summed E-state index contributed by atoms with van der Waals surface area (Å²) in [5.74, 6) is -0.312. The van der Waals surface area contributed by atoms with Crippen molar-refractivity contribution in [3.63, 3.8) is 0 Å². The van der Waals surface area contributed by atoms with Gasteiger partial charge in [0.1, 0.15) is 13.2 Å². The third-order valence-electron chi connectivity index (χ3n) is 4.05. The Morgan fingerprint density at radius 1 is 1.21 bits per heavy atom. The zero-order valence-electron chi connectivity index (χ0n) is 16.3. The fourth-order valence-corrected chi connectivity index (χ4v) is 6.00. The lowest BCUT2D eigenvalue weighted by molar-refractivity contribution is -0.0491. The van der Waals surface area contributed by atoms with Crippen LogP contribution in [0, 0.1) is 0 Å². The van der Waals surface area contributed by atoms with Crippen LogP contribution >= 0.6 is 23.5 Å². The molecule has 0 aromatic carbocycles. The SMILES string of the molecule is COn1c(N)nc(=O)c2ncn([C@@H]3O[C@H](COP(=O)(O)OP(=O)(O)OP(=O)(O)O)C[C@H]3O)c21. The van der Waals surface area contributed by atoms with Gasteiger partial charge in [-0.2, -0.15) is 13.6 Å². The monoisotopic (exact) mass is 537 g/mol. The van der Waals surface area contributed by atoms with Crippen LogP contribution < -0.4 is 16.1 Å². The number of rotatable bonds is 9. The Balaban J connectivity index is 1.73. The minimum absolute atomic E-state index is 0.00686. The van der Waals surface area contributed by atoms with Crippen LogP contribution in [0.3, 0.4) is 0 Å². The lowest BCUT2D eigenvalue weighted by Gasteiger charge is -2.20. The van der Waals surface area contributed by atoms with E-state index in [-0.39, 0.29) is 23.5 Å². The Hall–Kier alpha value is -1.72. The topological polar surface area (TPSA) is 277 Å². The van der Waals surface area contributed by atoms with Gasteiger partial charge >= 0.3 is 29.0 Å². The zero-order valence-corrected chi connectivity index (χ0v) is 19.0. The van der Waals surface area contributed by atoms with Crippen LogP contribution in [-0.2, 0) is 31.6 Å².